The van der Waals surface area contributed by atoms with Crippen LogP contribution in [-0.4, -0.2) is 37.2 Å². The Kier molecular flexibility index (Phi) is 49.3. The summed E-state index contributed by atoms with van der Waals surface area (Å²) in [4.78, 5) is 37.9. The van der Waals surface area contributed by atoms with Gasteiger partial charge in [-0.3, -0.25) is 14.4 Å². The van der Waals surface area contributed by atoms with Gasteiger partial charge in [-0.2, -0.15) is 0 Å². The summed E-state index contributed by atoms with van der Waals surface area (Å²) in [7, 11) is 0. The van der Waals surface area contributed by atoms with Gasteiger partial charge in [0.25, 0.3) is 0 Å². The molecule has 0 rings (SSSR count). The average Bonchev–Trinajstić information content (AvgIpc) is 3.26. The first-order valence-corrected chi connectivity index (χ1v) is 27.2. The molecule has 0 amide bonds. The minimum atomic E-state index is -0.773. The molecule has 0 spiro atoms. The quantitative estimate of drug-likeness (QED) is 0.0262. The Morgan fingerprint density at radius 3 is 0.885 bits per heavy atom. The Morgan fingerprint density at radius 1 is 0.311 bits per heavy atom. The van der Waals surface area contributed by atoms with Gasteiger partial charge in [0.05, 0.1) is 0 Å². The fourth-order valence-electron chi connectivity index (χ4n) is 8.15. The van der Waals surface area contributed by atoms with E-state index in [0.29, 0.717) is 19.3 Å². The maximum absolute atomic E-state index is 12.8. The maximum atomic E-state index is 12.8. The zero-order valence-corrected chi connectivity index (χ0v) is 41.2. The van der Waals surface area contributed by atoms with Crippen molar-refractivity contribution in [2.45, 2.75) is 309 Å². The van der Waals surface area contributed by atoms with E-state index in [4.69, 9.17) is 14.2 Å². The number of hydrogen-bond acceptors (Lipinski definition) is 6. The van der Waals surface area contributed by atoms with E-state index in [1.54, 1.807) is 0 Å². The Balaban J connectivity index is 4.25. The summed E-state index contributed by atoms with van der Waals surface area (Å²) in [6, 6.07) is 0. The van der Waals surface area contributed by atoms with E-state index in [-0.39, 0.29) is 31.1 Å². The first kappa shape index (κ1) is 59.1. The molecule has 0 saturated heterocycles. The molecule has 360 valence electrons. The molecule has 0 bridgehead atoms. The van der Waals surface area contributed by atoms with E-state index in [9.17, 15) is 14.4 Å². The zero-order valence-electron chi connectivity index (χ0n) is 41.2. The molecular weight excluding hydrogens is 757 g/mol. The van der Waals surface area contributed by atoms with Crippen molar-refractivity contribution in [3.8, 4) is 0 Å². The van der Waals surface area contributed by atoms with Crippen molar-refractivity contribution in [1.29, 1.82) is 0 Å². The maximum Gasteiger partial charge on any atom is 0.306 e. The van der Waals surface area contributed by atoms with E-state index < -0.39 is 6.10 Å². The molecule has 0 aliphatic carbocycles. The molecule has 0 aromatic rings. The molecule has 61 heavy (non-hydrogen) atoms. The summed E-state index contributed by atoms with van der Waals surface area (Å²) in [5.74, 6) is -0.890. The summed E-state index contributed by atoms with van der Waals surface area (Å²) in [5, 5.41) is 0. The lowest BCUT2D eigenvalue weighted by molar-refractivity contribution is -0.167. The smallest absolute Gasteiger partial charge is 0.306 e. The van der Waals surface area contributed by atoms with Crippen LogP contribution in [0.2, 0.25) is 0 Å². The lowest BCUT2D eigenvalue weighted by Crippen LogP contribution is -2.30. The predicted octanol–water partition coefficient (Wildman–Crippen LogP) is 17.8. The normalized spacial score (nSPS) is 12.0. The summed E-state index contributed by atoms with van der Waals surface area (Å²) < 4.78 is 16.8. The number of rotatable bonds is 50. The Labute approximate surface area is 380 Å². The van der Waals surface area contributed by atoms with E-state index in [1.165, 1.54) is 205 Å². The topological polar surface area (TPSA) is 78.9 Å². The van der Waals surface area contributed by atoms with Gasteiger partial charge in [-0.05, 0) is 38.5 Å². The molecule has 6 heteroatoms. The number of allylic oxidation sites excluding steroid dienone is 2. The highest BCUT2D eigenvalue weighted by atomic mass is 16.6. The molecule has 0 N–H and O–H groups in total. The molecular formula is C55H104O6. The van der Waals surface area contributed by atoms with Gasteiger partial charge in [-0.15, -0.1) is 0 Å². The lowest BCUT2D eigenvalue weighted by Gasteiger charge is -2.18. The van der Waals surface area contributed by atoms with E-state index in [2.05, 4.69) is 32.9 Å². The molecule has 1 unspecified atom stereocenters. The standard InChI is InChI=1S/C55H104O6/c1-4-7-10-13-16-19-21-23-25-27-29-31-33-36-39-42-45-48-54(57)60-51-52(50-59-53(56)47-44-41-38-35-18-15-12-9-6-3)61-55(58)49-46-43-40-37-34-32-30-28-26-24-22-20-17-14-11-8-5-2/h35,38,52H,4-34,36-37,39-51H2,1-3H3/b38-35-. The monoisotopic (exact) mass is 861 g/mol. The highest BCUT2D eigenvalue weighted by Crippen LogP contribution is 2.17. The Morgan fingerprint density at radius 2 is 0.557 bits per heavy atom. The van der Waals surface area contributed by atoms with Gasteiger partial charge in [0, 0.05) is 19.3 Å². The van der Waals surface area contributed by atoms with Crippen molar-refractivity contribution in [3.63, 3.8) is 0 Å². The van der Waals surface area contributed by atoms with E-state index in [1.807, 2.05) is 0 Å². The first-order valence-electron chi connectivity index (χ1n) is 27.2. The third kappa shape index (κ3) is 49.0. The summed E-state index contributed by atoms with van der Waals surface area (Å²) in [6.45, 7) is 6.63. The molecule has 0 heterocycles. The van der Waals surface area contributed by atoms with Crippen molar-refractivity contribution >= 4 is 17.9 Å². The fraction of sp³-hybridized carbons (Fsp3) is 0.909. The molecule has 0 aliphatic heterocycles. The zero-order chi connectivity index (χ0) is 44.4. The van der Waals surface area contributed by atoms with Crippen molar-refractivity contribution in [3.05, 3.63) is 12.2 Å². The molecule has 0 aliphatic rings. The molecule has 0 aromatic carbocycles. The summed E-state index contributed by atoms with van der Waals surface area (Å²) in [6.07, 6.45) is 56.4. The molecule has 0 saturated carbocycles. The van der Waals surface area contributed by atoms with Gasteiger partial charge in [0.2, 0.25) is 0 Å². The Hall–Kier alpha value is -1.85. The molecule has 1 atom stereocenters. The lowest BCUT2D eigenvalue weighted by atomic mass is 10.0. The van der Waals surface area contributed by atoms with Crippen LogP contribution in [0.4, 0.5) is 0 Å². The summed E-state index contributed by atoms with van der Waals surface area (Å²) >= 11 is 0. The number of carbonyl (C=O) groups is 3. The van der Waals surface area contributed by atoms with Crippen LogP contribution in [0.1, 0.15) is 303 Å². The van der Waals surface area contributed by atoms with E-state index in [0.717, 1.165) is 57.8 Å². The number of hydrogen-bond donors (Lipinski definition) is 0. The first-order chi connectivity index (χ1) is 30.0. The third-order valence-corrected chi connectivity index (χ3v) is 12.3. The molecule has 0 aromatic heterocycles. The summed E-state index contributed by atoms with van der Waals surface area (Å²) in [5.41, 5.74) is 0. The molecule has 0 fully saturated rings. The molecule has 0 radical (unpaired) electrons. The average molecular weight is 861 g/mol. The second kappa shape index (κ2) is 50.8. The van der Waals surface area contributed by atoms with Gasteiger partial charge in [0.15, 0.2) is 6.10 Å². The van der Waals surface area contributed by atoms with Crippen molar-refractivity contribution < 1.29 is 28.6 Å². The minimum Gasteiger partial charge on any atom is -0.462 e. The highest BCUT2D eigenvalue weighted by Gasteiger charge is 2.19. The SMILES string of the molecule is CCCCCC/C=C\CCCC(=O)OCC(COC(=O)CCCCCCCCCCCCCCCCCCC)OC(=O)CCCCCCCCCCCCCCCCCCC. The number of unbranched alkanes of at least 4 members (excludes halogenated alkanes) is 37. The molecule has 6 nitrogen and oxygen atoms in total. The Bertz CT molecular complexity index is 947. The second-order valence-corrected chi connectivity index (χ2v) is 18.5. The second-order valence-electron chi connectivity index (χ2n) is 18.5. The van der Waals surface area contributed by atoms with Crippen LogP contribution in [-0.2, 0) is 28.6 Å². The van der Waals surface area contributed by atoms with Crippen molar-refractivity contribution in [2.24, 2.45) is 0 Å². The fourth-order valence-corrected chi connectivity index (χ4v) is 8.15. The van der Waals surface area contributed by atoms with Crippen LogP contribution in [0.5, 0.6) is 0 Å². The van der Waals surface area contributed by atoms with Gasteiger partial charge in [-0.1, -0.05) is 258 Å². The van der Waals surface area contributed by atoms with Crippen molar-refractivity contribution in [1.82, 2.24) is 0 Å². The van der Waals surface area contributed by atoms with Crippen LogP contribution in [0, 0.1) is 0 Å². The van der Waals surface area contributed by atoms with Gasteiger partial charge >= 0.3 is 17.9 Å². The number of esters is 3. The largest absolute Gasteiger partial charge is 0.462 e. The minimum absolute atomic E-state index is 0.0728. The van der Waals surface area contributed by atoms with Crippen LogP contribution in [0.15, 0.2) is 12.2 Å². The number of ether oxygens (including phenoxy) is 3. The van der Waals surface area contributed by atoms with Crippen molar-refractivity contribution in [2.75, 3.05) is 13.2 Å². The van der Waals surface area contributed by atoms with Crippen LogP contribution < -0.4 is 0 Å². The van der Waals surface area contributed by atoms with Gasteiger partial charge in [0.1, 0.15) is 13.2 Å². The van der Waals surface area contributed by atoms with Crippen LogP contribution in [0.25, 0.3) is 0 Å². The third-order valence-electron chi connectivity index (χ3n) is 12.3. The highest BCUT2D eigenvalue weighted by molar-refractivity contribution is 5.71. The van der Waals surface area contributed by atoms with Crippen LogP contribution >= 0.6 is 0 Å². The van der Waals surface area contributed by atoms with Gasteiger partial charge < -0.3 is 14.2 Å². The predicted molar refractivity (Wildman–Crippen MR) is 261 cm³/mol. The number of carbonyl (C=O) groups excluding carboxylic acids is 3. The van der Waals surface area contributed by atoms with Gasteiger partial charge in [-0.25, -0.2) is 0 Å². The van der Waals surface area contributed by atoms with Crippen LogP contribution in [0.3, 0.4) is 0 Å². The van der Waals surface area contributed by atoms with E-state index >= 15 is 0 Å².